The fourth-order valence-electron chi connectivity index (χ4n) is 1.44. The lowest BCUT2D eigenvalue weighted by Crippen LogP contribution is -2.53. The molecule has 1 rings (SSSR count). The zero-order valence-corrected chi connectivity index (χ0v) is 7.32. The Morgan fingerprint density at radius 2 is 2.08 bits per heavy atom. The van der Waals surface area contributed by atoms with Gasteiger partial charge in [0, 0.05) is 12.8 Å². The molecule has 0 saturated heterocycles. The van der Waals surface area contributed by atoms with Gasteiger partial charge < -0.3 is 14.9 Å². The Balaban J connectivity index is 2.70. The van der Waals surface area contributed by atoms with E-state index in [2.05, 4.69) is 4.74 Å². The van der Waals surface area contributed by atoms with E-state index in [1.54, 1.807) is 6.92 Å². The monoisotopic (exact) mass is 188 g/mol. The van der Waals surface area contributed by atoms with Gasteiger partial charge in [-0.25, -0.2) is 0 Å². The molecule has 0 spiro atoms. The number of esters is 1. The first-order valence-electron chi connectivity index (χ1n) is 4.11. The largest absolute Gasteiger partial charge is 0.480 e. The van der Waals surface area contributed by atoms with Crippen molar-refractivity contribution in [2.24, 2.45) is 5.41 Å². The van der Waals surface area contributed by atoms with Crippen molar-refractivity contribution in [3.8, 4) is 0 Å². The van der Waals surface area contributed by atoms with Crippen molar-refractivity contribution in [3.05, 3.63) is 0 Å². The predicted molar refractivity (Wildman–Crippen MR) is 41.9 cm³/mol. The van der Waals surface area contributed by atoms with Crippen LogP contribution in [0.2, 0.25) is 0 Å². The molecular weight excluding hydrogens is 176 g/mol. The number of aliphatic carboxylic acids is 1. The van der Waals surface area contributed by atoms with Crippen molar-refractivity contribution in [2.45, 2.75) is 25.9 Å². The molecule has 5 nitrogen and oxygen atoms in total. The Hall–Kier alpha value is -1.10. The Kier molecular flexibility index (Phi) is 2.56. The fourth-order valence-corrected chi connectivity index (χ4v) is 1.44. The number of rotatable bonds is 3. The topological polar surface area (TPSA) is 83.8 Å². The van der Waals surface area contributed by atoms with Crippen LogP contribution in [0.25, 0.3) is 0 Å². The molecule has 0 amide bonds. The van der Waals surface area contributed by atoms with Crippen LogP contribution in [0.5, 0.6) is 0 Å². The van der Waals surface area contributed by atoms with E-state index in [4.69, 9.17) is 10.2 Å². The quantitative estimate of drug-likeness (QED) is 0.472. The predicted octanol–water partition coefficient (Wildman–Crippen LogP) is -0.225. The Morgan fingerprint density at radius 3 is 2.38 bits per heavy atom. The third-order valence-electron chi connectivity index (χ3n) is 2.24. The number of carbonyl (C=O) groups excluding carboxylic acids is 1. The lowest BCUT2D eigenvalue weighted by Gasteiger charge is -2.38. The Bertz CT molecular complexity index is 229. The van der Waals surface area contributed by atoms with E-state index >= 15 is 0 Å². The lowest BCUT2D eigenvalue weighted by molar-refractivity contribution is -0.184. The summed E-state index contributed by atoms with van der Waals surface area (Å²) in [6.07, 6.45) is -0.775. The molecule has 74 valence electrons. The molecule has 1 saturated carbocycles. The van der Waals surface area contributed by atoms with E-state index < -0.39 is 23.5 Å². The van der Waals surface area contributed by atoms with Crippen LogP contribution in [0, 0.1) is 5.41 Å². The number of hydrogen-bond donors (Lipinski definition) is 2. The SMILES string of the molecule is CCOC(=O)C1(C(=O)O)CC(O)C1. The van der Waals surface area contributed by atoms with Crippen molar-refractivity contribution in [1.29, 1.82) is 0 Å². The van der Waals surface area contributed by atoms with Crippen molar-refractivity contribution >= 4 is 11.9 Å². The number of aliphatic hydroxyl groups excluding tert-OH is 1. The molecule has 0 aliphatic heterocycles. The van der Waals surface area contributed by atoms with E-state index in [0.29, 0.717) is 0 Å². The van der Waals surface area contributed by atoms with Gasteiger partial charge >= 0.3 is 11.9 Å². The average molecular weight is 188 g/mol. The number of aliphatic hydroxyl groups is 1. The van der Waals surface area contributed by atoms with Crippen LogP contribution < -0.4 is 0 Å². The van der Waals surface area contributed by atoms with E-state index in [9.17, 15) is 9.59 Å². The molecule has 0 aromatic rings. The van der Waals surface area contributed by atoms with Crippen LogP contribution in [-0.4, -0.2) is 34.9 Å². The minimum absolute atomic E-state index is 0.0405. The standard InChI is InChI=1S/C8H12O5/c1-2-13-7(12)8(6(10)11)3-5(9)4-8/h5,9H,2-4H2,1H3,(H,10,11). The van der Waals surface area contributed by atoms with Gasteiger partial charge in [0.25, 0.3) is 0 Å². The maximum atomic E-state index is 11.2. The minimum Gasteiger partial charge on any atom is -0.480 e. The highest BCUT2D eigenvalue weighted by molar-refractivity contribution is 6.00. The summed E-state index contributed by atoms with van der Waals surface area (Å²) >= 11 is 0. The molecule has 0 atom stereocenters. The third-order valence-corrected chi connectivity index (χ3v) is 2.24. The zero-order chi connectivity index (χ0) is 10.1. The molecule has 0 radical (unpaired) electrons. The summed E-state index contributed by atoms with van der Waals surface area (Å²) < 4.78 is 4.63. The Morgan fingerprint density at radius 1 is 1.54 bits per heavy atom. The number of ether oxygens (including phenoxy) is 1. The molecule has 0 aromatic carbocycles. The average Bonchev–Trinajstić information content (AvgIpc) is 1.98. The maximum Gasteiger partial charge on any atom is 0.323 e. The Labute approximate surface area is 75.3 Å². The van der Waals surface area contributed by atoms with E-state index in [1.807, 2.05) is 0 Å². The van der Waals surface area contributed by atoms with Crippen molar-refractivity contribution in [3.63, 3.8) is 0 Å². The van der Waals surface area contributed by atoms with E-state index in [1.165, 1.54) is 0 Å². The highest BCUT2D eigenvalue weighted by Crippen LogP contribution is 2.42. The van der Waals surface area contributed by atoms with Crippen molar-refractivity contribution < 1.29 is 24.5 Å². The summed E-state index contributed by atoms with van der Waals surface area (Å²) in [7, 11) is 0. The molecule has 0 heterocycles. The zero-order valence-electron chi connectivity index (χ0n) is 7.32. The summed E-state index contributed by atoms with van der Waals surface area (Å²) in [5, 5.41) is 17.8. The molecule has 1 fully saturated rings. The molecule has 1 aliphatic carbocycles. The van der Waals surface area contributed by atoms with Crippen molar-refractivity contribution in [2.75, 3.05) is 6.61 Å². The first-order chi connectivity index (χ1) is 6.03. The van der Waals surface area contributed by atoms with Gasteiger partial charge in [0.2, 0.25) is 0 Å². The van der Waals surface area contributed by atoms with E-state index in [-0.39, 0.29) is 19.4 Å². The molecule has 0 unspecified atom stereocenters. The summed E-state index contributed by atoms with van der Waals surface area (Å²) in [6, 6.07) is 0. The molecule has 13 heavy (non-hydrogen) atoms. The van der Waals surface area contributed by atoms with Gasteiger partial charge in [-0.2, -0.15) is 0 Å². The summed E-state index contributed by atoms with van der Waals surface area (Å²) in [5.41, 5.74) is -1.49. The van der Waals surface area contributed by atoms with Gasteiger partial charge in [0.05, 0.1) is 12.7 Å². The smallest absolute Gasteiger partial charge is 0.323 e. The number of carboxylic acid groups (broad SMARTS) is 1. The number of hydrogen-bond acceptors (Lipinski definition) is 4. The van der Waals surface area contributed by atoms with Gasteiger partial charge in [0.15, 0.2) is 5.41 Å². The second kappa shape index (κ2) is 3.33. The lowest BCUT2D eigenvalue weighted by atomic mass is 9.67. The van der Waals surface area contributed by atoms with E-state index in [0.717, 1.165) is 0 Å². The number of carbonyl (C=O) groups is 2. The molecule has 5 heteroatoms. The molecule has 0 bridgehead atoms. The molecule has 0 aromatic heterocycles. The highest BCUT2D eigenvalue weighted by atomic mass is 16.5. The first-order valence-corrected chi connectivity index (χ1v) is 4.11. The van der Waals surface area contributed by atoms with Crippen LogP contribution in [0.1, 0.15) is 19.8 Å². The van der Waals surface area contributed by atoms with Crippen LogP contribution in [0.4, 0.5) is 0 Å². The van der Waals surface area contributed by atoms with Crippen LogP contribution in [0.3, 0.4) is 0 Å². The molecular formula is C8H12O5. The first kappa shape index (κ1) is 9.98. The van der Waals surface area contributed by atoms with Gasteiger partial charge in [-0.1, -0.05) is 0 Å². The van der Waals surface area contributed by atoms with Crippen LogP contribution in [-0.2, 0) is 14.3 Å². The summed E-state index contributed by atoms with van der Waals surface area (Å²) in [5.74, 6) is -1.95. The second-order valence-corrected chi connectivity index (χ2v) is 3.17. The van der Waals surface area contributed by atoms with Crippen molar-refractivity contribution in [1.82, 2.24) is 0 Å². The van der Waals surface area contributed by atoms with Gasteiger partial charge in [-0.3, -0.25) is 9.59 Å². The third kappa shape index (κ3) is 1.51. The van der Waals surface area contributed by atoms with Crippen LogP contribution in [0.15, 0.2) is 0 Å². The normalized spacial score (nSPS) is 32.0. The van der Waals surface area contributed by atoms with Gasteiger partial charge in [-0.05, 0) is 6.92 Å². The molecule has 2 N–H and O–H groups in total. The van der Waals surface area contributed by atoms with Gasteiger partial charge in [0.1, 0.15) is 0 Å². The maximum absolute atomic E-state index is 11.2. The van der Waals surface area contributed by atoms with Crippen LogP contribution >= 0.6 is 0 Å². The highest BCUT2D eigenvalue weighted by Gasteiger charge is 2.57. The summed E-state index contributed by atoms with van der Waals surface area (Å²) in [4.78, 5) is 22.0. The minimum atomic E-state index is -1.49. The summed E-state index contributed by atoms with van der Waals surface area (Å²) in [6.45, 7) is 1.77. The van der Waals surface area contributed by atoms with Gasteiger partial charge in [-0.15, -0.1) is 0 Å². The fraction of sp³-hybridized carbons (Fsp3) is 0.750. The molecule has 1 aliphatic rings. The second-order valence-electron chi connectivity index (χ2n) is 3.17. The number of carboxylic acids is 1.